The van der Waals surface area contributed by atoms with Crippen LogP contribution in [0.1, 0.15) is 51.4 Å². The van der Waals surface area contributed by atoms with Gasteiger partial charge in [0.15, 0.2) is 0 Å². The van der Waals surface area contributed by atoms with Gasteiger partial charge < -0.3 is 10.6 Å². The largest absolute Gasteiger partial charge is 0.356 e. The molecular formula is C15H25N3O. The highest BCUT2D eigenvalue weighted by atomic mass is 16.1. The second kappa shape index (κ2) is 6.38. The fourth-order valence-electron chi connectivity index (χ4n) is 3.12. The van der Waals surface area contributed by atoms with Crippen LogP contribution < -0.4 is 10.6 Å². The summed E-state index contributed by atoms with van der Waals surface area (Å²) in [5.41, 5.74) is -0.400. The van der Waals surface area contributed by atoms with Crippen molar-refractivity contribution in [2.24, 2.45) is 11.8 Å². The van der Waals surface area contributed by atoms with Crippen LogP contribution in [0.5, 0.6) is 0 Å². The molecule has 0 radical (unpaired) electrons. The zero-order valence-corrected chi connectivity index (χ0v) is 11.9. The summed E-state index contributed by atoms with van der Waals surface area (Å²) in [6, 6.07) is 2.36. The average Bonchev–Trinajstić information content (AvgIpc) is 2.41. The molecule has 0 aromatic heterocycles. The molecule has 0 aliphatic heterocycles. The van der Waals surface area contributed by atoms with Crippen LogP contribution >= 0.6 is 0 Å². The third-order valence-corrected chi connectivity index (χ3v) is 4.98. The topological polar surface area (TPSA) is 64.9 Å². The molecule has 106 valence electrons. The lowest BCUT2D eigenvalue weighted by Crippen LogP contribution is -2.46. The van der Waals surface area contributed by atoms with Gasteiger partial charge in [0.05, 0.1) is 6.07 Å². The molecule has 19 heavy (non-hydrogen) atoms. The molecule has 2 saturated carbocycles. The van der Waals surface area contributed by atoms with Gasteiger partial charge in [-0.15, -0.1) is 0 Å². The Kier molecular flexibility index (Phi) is 4.81. The summed E-state index contributed by atoms with van der Waals surface area (Å²) >= 11 is 0. The highest BCUT2D eigenvalue weighted by molar-refractivity contribution is 5.78. The fourth-order valence-corrected chi connectivity index (χ4v) is 3.12. The maximum atomic E-state index is 12.1. The van der Waals surface area contributed by atoms with Crippen molar-refractivity contribution in [2.75, 3.05) is 13.6 Å². The second-order valence-corrected chi connectivity index (χ2v) is 6.09. The average molecular weight is 263 g/mol. The van der Waals surface area contributed by atoms with Gasteiger partial charge in [-0.1, -0.05) is 19.3 Å². The molecule has 0 saturated heterocycles. The zero-order chi connectivity index (χ0) is 13.7. The van der Waals surface area contributed by atoms with E-state index in [0.717, 1.165) is 44.6 Å². The summed E-state index contributed by atoms with van der Waals surface area (Å²) in [6.07, 6.45) is 8.38. The van der Waals surface area contributed by atoms with Gasteiger partial charge in [0.2, 0.25) is 5.91 Å². The van der Waals surface area contributed by atoms with E-state index in [9.17, 15) is 10.1 Å². The van der Waals surface area contributed by atoms with E-state index in [1.165, 1.54) is 19.3 Å². The highest BCUT2D eigenvalue weighted by Gasteiger charge is 2.36. The van der Waals surface area contributed by atoms with Gasteiger partial charge in [-0.2, -0.15) is 5.26 Å². The summed E-state index contributed by atoms with van der Waals surface area (Å²) in [5.74, 6) is 1.15. The molecule has 0 heterocycles. The number of amides is 1. The van der Waals surface area contributed by atoms with Crippen LogP contribution in [0.2, 0.25) is 0 Å². The fraction of sp³-hybridized carbons (Fsp3) is 0.867. The standard InChI is InChI=1S/C15H25N3O/c1-17-15(11-16)8-5-13(6-9-15)14(19)18-10-7-12-3-2-4-12/h12-13,17H,2-10H2,1H3,(H,18,19). The Bertz CT molecular complexity index is 349. The van der Waals surface area contributed by atoms with E-state index in [1.54, 1.807) is 0 Å². The van der Waals surface area contributed by atoms with Gasteiger partial charge in [-0.25, -0.2) is 0 Å². The maximum Gasteiger partial charge on any atom is 0.223 e. The van der Waals surface area contributed by atoms with E-state index >= 15 is 0 Å². The van der Waals surface area contributed by atoms with E-state index in [2.05, 4.69) is 16.7 Å². The smallest absolute Gasteiger partial charge is 0.223 e. The van der Waals surface area contributed by atoms with Crippen LogP contribution in [0.15, 0.2) is 0 Å². The first-order valence-electron chi connectivity index (χ1n) is 7.57. The van der Waals surface area contributed by atoms with Gasteiger partial charge in [-0.05, 0) is 45.1 Å². The Morgan fingerprint density at radius 1 is 1.32 bits per heavy atom. The second-order valence-electron chi connectivity index (χ2n) is 6.09. The van der Waals surface area contributed by atoms with Crippen LogP contribution in [-0.2, 0) is 4.79 Å². The molecule has 1 amide bonds. The molecule has 2 rings (SSSR count). The Hall–Kier alpha value is -1.08. The first-order valence-corrected chi connectivity index (χ1v) is 7.57. The molecule has 0 unspecified atom stereocenters. The van der Waals surface area contributed by atoms with Crippen molar-refractivity contribution in [3.05, 3.63) is 0 Å². The van der Waals surface area contributed by atoms with Crippen molar-refractivity contribution in [1.82, 2.24) is 10.6 Å². The molecule has 2 aliphatic carbocycles. The van der Waals surface area contributed by atoms with Crippen molar-refractivity contribution in [3.63, 3.8) is 0 Å². The molecular weight excluding hydrogens is 238 g/mol. The maximum absolute atomic E-state index is 12.1. The molecule has 0 bridgehead atoms. The third-order valence-electron chi connectivity index (χ3n) is 4.98. The molecule has 0 spiro atoms. The van der Waals surface area contributed by atoms with Gasteiger partial charge in [-0.3, -0.25) is 4.79 Å². The highest BCUT2D eigenvalue weighted by Crippen LogP contribution is 2.32. The Labute approximate surface area is 115 Å². The summed E-state index contributed by atoms with van der Waals surface area (Å²) in [5, 5.41) is 15.4. The number of carbonyl (C=O) groups is 1. The predicted octanol–water partition coefficient (Wildman–Crippen LogP) is 1.96. The zero-order valence-electron chi connectivity index (χ0n) is 11.9. The van der Waals surface area contributed by atoms with Crippen molar-refractivity contribution < 1.29 is 4.79 Å². The van der Waals surface area contributed by atoms with Crippen LogP contribution in [0.25, 0.3) is 0 Å². The minimum atomic E-state index is -0.400. The summed E-state index contributed by atoms with van der Waals surface area (Å²) in [4.78, 5) is 12.1. The molecule has 0 atom stereocenters. The normalized spacial score (nSPS) is 31.3. The van der Waals surface area contributed by atoms with Gasteiger partial charge in [0, 0.05) is 12.5 Å². The monoisotopic (exact) mass is 263 g/mol. The Morgan fingerprint density at radius 3 is 2.47 bits per heavy atom. The first-order chi connectivity index (χ1) is 9.19. The molecule has 2 N–H and O–H groups in total. The van der Waals surface area contributed by atoms with Crippen molar-refractivity contribution in [1.29, 1.82) is 5.26 Å². The molecule has 4 nitrogen and oxygen atoms in total. The predicted molar refractivity (Wildman–Crippen MR) is 74.3 cm³/mol. The third kappa shape index (κ3) is 3.48. The van der Waals surface area contributed by atoms with Crippen LogP contribution in [-0.4, -0.2) is 25.0 Å². The van der Waals surface area contributed by atoms with Crippen LogP contribution in [0.4, 0.5) is 0 Å². The van der Waals surface area contributed by atoms with E-state index < -0.39 is 5.54 Å². The number of rotatable bonds is 5. The van der Waals surface area contributed by atoms with Crippen LogP contribution in [0.3, 0.4) is 0 Å². The number of nitrogens with one attached hydrogen (secondary N) is 2. The summed E-state index contributed by atoms with van der Waals surface area (Å²) in [7, 11) is 1.84. The van der Waals surface area contributed by atoms with Gasteiger partial charge >= 0.3 is 0 Å². The first kappa shape index (κ1) is 14.3. The molecule has 4 heteroatoms. The quantitative estimate of drug-likeness (QED) is 0.797. The summed E-state index contributed by atoms with van der Waals surface area (Å²) < 4.78 is 0. The van der Waals surface area contributed by atoms with E-state index in [-0.39, 0.29) is 11.8 Å². The number of carbonyl (C=O) groups excluding carboxylic acids is 1. The minimum Gasteiger partial charge on any atom is -0.356 e. The Morgan fingerprint density at radius 2 is 2.00 bits per heavy atom. The van der Waals surface area contributed by atoms with E-state index in [1.807, 2.05) is 7.05 Å². The summed E-state index contributed by atoms with van der Waals surface area (Å²) in [6.45, 7) is 0.829. The van der Waals surface area contributed by atoms with Crippen molar-refractivity contribution >= 4 is 5.91 Å². The lowest BCUT2D eigenvalue weighted by atomic mass is 9.77. The minimum absolute atomic E-state index is 0.108. The number of nitriles is 1. The number of hydrogen-bond acceptors (Lipinski definition) is 3. The van der Waals surface area contributed by atoms with Crippen LogP contribution in [0, 0.1) is 23.2 Å². The Balaban J connectivity index is 1.68. The SMILES string of the molecule is CNC1(C#N)CCC(C(=O)NCCC2CCC2)CC1. The molecule has 2 fully saturated rings. The van der Waals surface area contributed by atoms with Crippen molar-refractivity contribution in [3.8, 4) is 6.07 Å². The van der Waals surface area contributed by atoms with Gasteiger partial charge in [0.25, 0.3) is 0 Å². The molecule has 2 aliphatic rings. The van der Waals surface area contributed by atoms with Crippen molar-refractivity contribution in [2.45, 2.75) is 56.9 Å². The number of nitrogens with zero attached hydrogens (tertiary/aromatic N) is 1. The van der Waals surface area contributed by atoms with E-state index in [0.29, 0.717) is 0 Å². The van der Waals surface area contributed by atoms with E-state index in [4.69, 9.17) is 0 Å². The molecule has 0 aromatic carbocycles. The lowest BCUT2D eigenvalue weighted by molar-refractivity contribution is -0.126. The molecule has 0 aromatic rings. The lowest BCUT2D eigenvalue weighted by Gasteiger charge is -2.34. The number of hydrogen-bond donors (Lipinski definition) is 2. The van der Waals surface area contributed by atoms with Gasteiger partial charge in [0.1, 0.15) is 5.54 Å².